The summed E-state index contributed by atoms with van der Waals surface area (Å²) in [5.41, 5.74) is 1.05. The SMILES string of the molecule is O[C@@H]1[C@@H](O)[C@@H](O)N2C(NCc3ccccc3)=NC[C@@H]2[C@H]1O. The number of nitrogens with zero attached hydrogens (tertiary/aromatic N) is 2. The van der Waals surface area contributed by atoms with Gasteiger partial charge in [0.1, 0.15) is 18.3 Å². The molecule has 21 heavy (non-hydrogen) atoms. The zero-order valence-electron chi connectivity index (χ0n) is 11.4. The number of aliphatic hydroxyl groups excluding tert-OH is 4. The third-order valence-corrected chi connectivity index (χ3v) is 4.01. The van der Waals surface area contributed by atoms with Crippen LogP contribution in [0.4, 0.5) is 0 Å². The third kappa shape index (κ3) is 2.49. The van der Waals surface area contributed by atoms with Crippen LogP contribution in [0.5, 0.6) is 0 Å². The van der Waals surface area contributed by atoms with Crippen molar-refractivity contribution in [2.24, 2.45) is 4.99 Å². The van der Waals surface area contributed by atoms with Gasteiger partial charge in [0.15, 0.2) is 12.2 Å². The van der Waals surface area contributed by atoms with Crippen LogP contribution in [0.25, 0.3) is 0 Å². The van der Waals surface area contributed by atoms with Gasteiger partial charge in [0.05, 0.1) is 12.6 Å². The van der Waals surface area contributed by atoms with Gasteiger partial charge in [-0.05, 0) is 5.56 Å². The van der Waals surface area contributed by atoms with Gasteiger partial charge in [0, 0.05) is 6.54 Å². The topological polar surface area (TPSA) is 109 Å². The molecule has 1 saturated heterocycles. The molecule has 0 bridgehead atoms. The van der Waals surface area contributed by atoms with E-state index in [1.165, 1.54) is 4.90 Å². The molecule has 0 saturated carbocycles. The van der Waals surface area contributed by atoms with E-state index in [1.807, 2.05) is 30.3 Å². The molecule has 5 N–H and O–H groups in total. The molecule has 2 aliphatic rings. The van der Waals surface area contributed by atoms with E-state index in [0.717, 1.165) is 5.56 Å². The van der Waals surface area contributed by atoms with E-state index in [0.29, 0.717) is 12.5 Å². The molecule has 0 unspecified atom stereocenters. The van der Waals surface area contributed by atoms with E-state index >= 15 is 0 Å². The summed E-state index contributed by atoms with van der Waals surface area (Å²) in [6.45, 7) is 0.781. The van der Waals surface area contributed by atoms with Crippen LogP contribution in [0.3, 0.4) is 0 Å². The number of benzene rings is 1. The van der Waals surface area contributed by atoms with Crippen molar-refractivity contribution in [1.82, 2.24) is 10.2 Å². The Morgan fingerprint density at radius 2 is 1.76 bits per heavy atom. The Kier molecular flexibility index (Phi) is 3.81. The molecule has 7 nitrogen and oxygen atoms in total. The molecule has 0 radical (unpaired) electrons. The van der Waals surface area contributed by atoms with Crippen LogP contribution in [-0.2, 0) is 6.54 Å². The van der Waals surface area contributed by atoms with Crippen LogP contribution in [0.1, 0.15) is 5.56 Å². The highest BCUT2D eigenvalue weighted by Crippen LogP contribution is 2.27. The average molecular weight is 293 g/mol. The Balaban J connectivity index is 1.70. The highest BCUT2D eigenvalue weighted by molar-refractivity contribution is 5.82. The second-order valence-corrected chi connectivity index (χ2v) is 5.36. The number of rotatable bonds is 2. The van der Waals surface area contributed by atoms with Gasteiger partial charge in [0.25, 0.3) is 0 Å². The fraction of sp³-hybridized carbons (Fsp3) is 0.500. The van der Waals surface area contributed by atoms with E-state index in [1.54, 1.807) is 0 Å². The lowest BCUT2D eigenvalue weighted by atomic mass is 9.93. The van der Waals surface area contributed by atoms with Gasteiger partial charge in [0.2, 0.25) is 0 Å². The number of guanidine groups is 1. The Morgan fingerprint density at radius 3 is 2.48 bits per heavy atom. The molecule has 1 aromatic rings. The molecule has 2 aliphatic heterocycles. The van der Waals surface area contributed by atoms with Crippen molar-refractivity contribution in [2.45, 2.75) is 37.1 Å². The van der Waals surface area contributed by atoms with Gasteiger partial charge in [-0.2, -0.15) is 0 Å². The fourth-order valence-electron chi connectivity index (χ4n) is 2.80. The molecule has 2 heterocycles. The predicted octanol–water partition coefficient (Wildman–Crippen LogP) is -1.77. The lowest BCUT2D eigenvalue weighted by Gasteiger charge is -2.44. The molecule has 0 aromatic heterocycles. The lowest BCUT2D eigenvalue weighted by Crippen LogP contribution is -2.67. The highest BCUT2D eigenvalue weighted by atomic mass is 16.4. The predicted molar refractivity (Wildman–Crippen MR) is 75.2 cm³/mol. The van der Waals surface area contributed by atoms with E-state index in [4.69, 9.17) is 0 Å². The van der Waals surface area contributed by atoms with E-state index in [-0.39, 0.29) is 6.54 Å². The first kappa shape index (κ1) is 14.3. The first-order valence-corrected chi connectivity index (χ1v) is 6.92. The largest absolute Gasteiger partial charge is 0.388 e. The minimum Gasteiger partial charge on any atom is -0.388 e. The Bertz CT molecular complexity index is 524. The molecule has 0 spiro atoms. The average Bonchev–Trinajstić information content (AvgIpc) is 2.94. The fourth-order valence-corrected chi connectivity index (χ4v) is 2.80. The maximum Gasteiger partial charge on any atom is 0.196 e. The van der Waals surface area contributed by atoms with Crippen LogP contribution < -0.4 is 5.32 Å². The Morgan fingerprint density at radius 1 is 1.05 bits per heavy atom. The Hall–Kier alpha value is -1.67. The monoisotopic (exact) mass is 293 g/mol. The van der Waals surface area contributed by atoms with Crippen molar-refractivity contribution in [3.8, 4) is 0 Å². The number of hydrogen-bond donors (Lipinski definition) is 5. The molecular formula is C14H19N3O4. The summed E-state index contributed by atoms with van der Waals surface area (Å²) in [7, 11) is 0. The summed E-state index contributed by atoms with van der Waals surface area (Å²) in [5.74, 6) is 0.418. The quantitative estimate of drug-likeness (QED) is 0.442. The summed E-state index contributed by atoms with van der Waals surface area (Å²) in [5, 5.41) is 42.6. The number of hydrogen-bond acceptors (Lipinski definition) is 7. The molecule has 7 heteroatoms. The smallest absolute Gasteiger partial charge is 0.196 e. The number of aliphatic hydroxyl groups is 4. The van der Waals surface area contributed by atoms with Crippen LogP contribution in [0.15, 0.2) is 35.3 Å². The van der Waals surface area contributed by atoms with E-state index in [9.17, 15) is 20.4 Å². The van der Waals surface area contributed by atoms with Crippen LogP contribution in [-0.4, -0.2) is 68.4 Å². The van der Waals surface area contributed by atoms with Crippen LogP contribution >= 0.6 is 0 Å². The number of aliphatic imine (C=N–C) groups is 1. The highest BCUT2D eigenvalue weighted by Gasteiger charge is 2.50. The normalized spacial score (nSPS) is 35.3. The van der Waals surface area contributed by atoms with Crippen LogP contribution in [0, 0.1) is 0 Å². The minimum atomic E-state index is -1.43. The van der Waals surface area contributed by atoms with E-state index < -0.39 is 30.6 Å². The first-order valence-electron chi connectivity index (χ1n) is 6.92. The summed E-state index contributed by atoms with van der Waals surface area (Å²) < 4.78 is 0. The van der Waals surface area contributed by atoms with Crippen molar-refractivity contribution in [3.63, 3.8) is 0 Å². The molecule has 1 aromatic carbocycles. The summed E-state index contributed by atoms with van der Waals surface area (Å²) in [6, 6.07) is 9.16. The zero-order valence-corrected chi connectivity index (χ0v) is 11.4. The van der Waals surface area contributed by atoms with Gasteiger partial charge >= 0.3 is 0 Å². The van der Waals surface area contributed by atoms with Gasteiger partial charge < -0.3 is 30.6 Å². The maximum absolute atomic E-state index is 10.1. The lowest BCUT2D eigenvalue weighted by molar-refractivity contribution is -0.192. The number of nitrogens with one attached hydrogen (secondary N) is 1. The maximum atomic E-state index is 10.1. The first-order chi connectivity index (χ1) is 10.1. The zero-order chi connectivity index (χ0) is 15.0. The molecule has 5 atom stereocenters. The van der Waals surface area contributed by atoms with Gasteiger partial charge in [-0.15, -0.1) is 0 Å². The summed E-state index contributed by atoms with van der Waals surface area (Å²) in [6.07, 6.45) is -5.25. The number of fused-ring (bicyclic) bond motifs is 1. The van der Waals surface area contributed by atoms with Crippen molar-refractivity contribution in [1.29, 1.82) is 0 Å². The van der Waals surface area contributed by atoms with Crippen molar-refractivity contribution in [3.05, 3.63) is 35.9 Å². The molecule has 3 rings (SSSR count). The van der Waals surface area contributed by atoms with Gasteiger partial charge in [-0.25, -0.2) is 0 Å². The summed E-state index contributed by atoms with van der Waals surface area (Å²) >= 11 is 0. The second kappa shape index (κ2) is 5.61. The molecule has 1 fully saturated rings. The van der Waals surface area contributed by atoms with Gasteiger partial charge in [-0.1, -0.05) is 30.3 Å². The second-order valence-electron chi connectivity index (χ2n) is 5.36. The Labute approximate surface area is 122 Å². The molecule has 0 amide bonds. The molecule has 0 aliphatic carbocycles. The van der Waals surface area contributed by atoms with Gasteiger partial charge in [-0.3, -0.25) is 4.99 Å². The standard InChI is InChI=1S/C14H19N3O4/c18-10-9-7-16-14(15-6-8-4-2-1-3-5-8)17(9)13(21)12(20)11(10)19/h1-5,9-13,18-21H,6-7H2,(H,15,16)/t9-,10-,11+,12-,13-/m1/s1. The summed E-state index contributed by atoms with van der Waals surface area (Å²) in [4.78, 5) is 5.69. The van der Waals surface area contributed by atoms with Crippen molar-refractivity contribution in [2.75, 3.05) is 6.54 Å². The molecular weight excluding hydrogens is 274 g/mol. The molecule has 114 valence electrons. The van der Waals surface area contributed by atoms with E-state index in [2.05, 4.69) is 10.3 Å². The third-order valence-electron chi connectivity index (χ3n) is 4.01. The minimum absolute atomic E-state index is 0.263. The number of piperidine rings is 1. The van der Waals surface area contributed by atoms with Crippen molar-refractivity contribution < 1.29 is 20.4 Å². The van der Waals surface area contributed by atoms with Crippen LogP contribution in [0.2, 0.25) is 0 Å². The van der Waals surface area contributed by atoms with Crippen molar-refractivity contribution >= 4 is 5.96 Å².